The van der Waals surface area contributed by atoms with Crippen molar-refractivity contribution in [3.63, 3.8) is 0 Å². The third-order valence-electron chi connectivity index (χ3n) is 4.66. The van der Waals surface area contributed by atoms with Gasteiger partial charge >= 0.3 is 0 Å². The van der Waals surface area contributed by atoms with Gasteiger partial charge in [0, 0.05) is 19.1 Å². The van der Waals surface area contributed by atoms with Crippen LogP contribution in [0.15, 0.2) is 12.1 Å². The Morgan fingerprint density at radius 3 is 2.90 bits per heavy atom. The molecule has 0 aromatic heterocycles. The van der Waals surface area contributed by atoms with Gasteiger partial charge in [0.25, 0.3) is 0 Å². The number of hydrogen-bond donors (Lipinski definition) is 1. The first-order valence-electron chi connectivity index (χ1n) is 7.04. The second-order valence-electron chi connectivity index (χ2n) is 5.84. The van der Waals surface area contributed by atoms with Gasteiger partial charge in [-0.25, -0.2) is 0 Å². The lowest BCUT2D eigenvalue weighted by molar-refractivity contribution is 0.239. The van der Waals surface area contributed by atoms with Gasteiger partial charge in [0.05, 0.1) is 28.0 Å². The molecule has 2 heterocycles. The molecule has 2 aliphatic rings. The van der Waals surface area contributed by atoms with Crippen molar-refractivity contribution in [2.75, 3.05) is 37.3 Å². The summed E-state index contributed by atoms with van der Waals surface area (Å²) in [6.07, 6.45) is 2.39. The number of fused-ring (bicyclic) bond motifs is 1. The maximum absolute atomic E-state index is 9.09. The van der Waals surface area contributed by atoms with Gasteiger partial charge in [-0.2, -0.15) is 5.26 Å². The molecule has 106 valence electrons. The number of hydrogen-bond acceptors (Lipinski definition) is 4. The summed E-state index contributed by atoms with van der Waals surface area (Å²) in [5.41, 5.74) is 7.90. The average Bonchev–Trinajstić information content (AvgIpc) is 2.82. The number of nitriles is 1. The second kappa shape index (κ2) is 5.16. The van der Waals surface area contributed by atoms with E-state index >= 15 is 0 Å². The molecule has 3 rings (SSSR count). The lowest BCUT2D eigenvalue weighted by Gasteiger charge is -2.38. The highest BCUT2D eigenvalue weighted by atomic mass is 35.5. The number of nitrogen functional groups attached to an aromatic ring is 1. The summed E-state index contributed by atoms with van der Waals surface area (Å²) in [7, 11) is 2.21. The molecule has 20 heavy (non-hydrogen) atoms. The maximum Gasteiger partial charge on any atom is 0.0993 e. The minimum absolute atomic E-state index is 0.492. The fraction of sp³-hybridized carbons (Fsp3) is 0.533. The van der Waals surface area contributed by atoms with E-state index in [9.17, 15) is 0 Å². The highest BCUT2D eigenvalue weighted by Crippen LogP contribution is 2.37. The fourth-order valence-electron chi connectivity index (χ4n) is 3.56. The minimum Gasteiger partial charge on any atom is -0.397 e. The molecule has 0 amide bonds. The molecule has 1 aromatic carbocycles. The highest BCUT2D eigenvalue weighted by molar-refractivity contribution is 6.35. The Morgan fingerprint density at radius 1 is 1.35 bits per heavy atom. The van der Waals surface area contributed by atoms with E-state index in [1.807, 2.05) is 6.07 Å². The van der Waals surface area contributed by atoms with Gasteiger partial charge in [0.15, 0.2) is 0 Å². The first kappa shape index (κ1) is 13.5. The Morgan fingerprint density at radius 2 is 2.15 bits per heavy atom. The van der Waals surface area contributed by atoms with E-state index in [2.05, 4.69) is 22.9 Å². The molecular weight excluding hydrogens is 272 g/mol. The van der Waals surface area contributed by atoms with Gasteiger partial charge in [-0.15, -0.1) is 0 Å². The summed E-state index contributed by atoms with van der Waals surface area (Å²) >= 11 is 6.34. The first-order valence-corrected chi connectivity index (χ1v) is 7.42. The van der Waals surface area contributed by atoms with E-state index in [1.54, 1.807) is 6.07 Å². The quantitative estimate of drug-likeness (QED) is 0.807. The SMILES string of the molecule is CN1CCC2CN(c3cc(C#N)cc(N)c3Cl)CCC21. The van der Waals surface area contributed by atoms with Crippen LogP contribution in [0.4, 0.5) is 11.4 Å². The number of anilines is 2. The molecule has 0 bridgehead atoms. The lowest BCUT2D eigenvalue weighted by atomic mass is 9.92. The number of benzene rings is 1. The molecule has 2 N–H and O–H groups in total. The zero-order valence-electron chi connectivity index (χ0n) is 11.6. The van der Waals surface area contributed by atoms with Gasteiger partial charge < -0.3 is 15.5 Å². The molecule has 4 nitrogen and oxygen atoms in total. The van der Waals surface area contributed by atoms with Crippen LogP contribution in [0.25, 0.3) is 0 Å². The van der Waals surface area contributed by atoms with E-state index in [0.717, 1.165) is 25.2 Å². The van der Waals surface area contributed by atoms with Crippen LogP contribution >= 0.6 is 11.6 Å². The van der Waals surface area contributed by atoms with Crippen LogP contribution in [0.2, 0.25) is 5.02 Å². The summed E-state index contributed by atoms with van der Waals surface area (Å²) in [6, 6.07) is 6.35. The third kappa shape index (κ3) is 2.21. The van der Waals surface area contributed by atoms with Gasteiger partial charge in [-0.3, -0.25) is 0 Å². The van der Waals surface area contributed by atoms with E-state index in [-0.39, 0.29) is 0 Å². The Kier molecular flexibility index (Phi) is 3.49. The molecule has 0 saturated carbocycles. The molecule has 2 unspecified atom stereocenters. The molecule has 1 aromatic rings. The Bertz CT molecular complexity index is 566. The molecule has 0 radical (unpaired) electrons. The smallest absolute Gasteiger partial charge is 0.0993 e. The van der Waals surface area contributed by atoms with E-state index in [0.29, 0.717) is 28.2 Å². The predicted octanol–water partition coefficient (Wildman–Crippen LogP) is 2.32. The van der Waals surface area contributed by atoms with Crippen LogP contribution in [0.5, 0.6) is 0 Å². The largest absolute Gasteiger partial charge is 0.397 e. The monoisotopic (exact) mass is 290 g/mol. The highest BCUT2D eigenvalue weighted by Gasteiger charge is 2.36. The summed E-state index contributed by atoms with van der Waals surface area (Å²) in [5, 5.41) is 9.66. The Labute approximate surface area is 124 Å². The standard InChI is InChI=1S/C15H19ClN4/c1-19-4-2-11-9-20(5-3-13(11)19)14-7-10(8-17)6-12(18)15(14)16/h6-7,11,13H,2-5,9,18H2,1H3. The van der Waals surface area contributed by atoms with Crippen LogP contribution < -0.4 is 10.6 Å². The maximum atomic E-state index is 9.09. The average molecular weight is 291 g/mol. The van der Waals surface area contributed by atoms with Gasteiger partial charge in [0.1, 0.15) is 0 Å². The topological polar surface area (TPSA) is 56.3 Å². The van der Waals surface area contributed by atoms with Gasteiger partial charge in [-0.05, 0) is 44.5 Å². The predicted molar refractivity (Wildman–Crippen MR) is 81.9 cm³/mol. The van der Waals surface area contributed by atoms with Crippen molar-refractivity contribution in [3.05, 3.63) is 22.7 Å². The summed E-state index contributed by atoms with van der Waals surface area (Å²) in [4.78, 5) is 4.75. The van der Waals surface area contributed by atoms with Crippen LogP contribution in [-0.4, -0.2) is 37.6 Å². The van der Waals surface area contributed by atoms with Crippen molar-refractivity contribution in [1.29, 1.82) is 5.26 Å². The number of likely N-dealkylation sites (tertiary alicyclic amines) is 1. The van der Waals surface area contributed by atoms with Crippen molar-refractivity contribution in [2.45, 2.75) is 18.9 Å². The summed E-state index contributed by atoms with van der Waals surface area (Å²) in [5.74, 6) is 0.691. The van der Waals surface area contributed by atoms with Crippen LogP contribution in [0.3, 0.4) is 0 Å². The number of piperidine rings is 1. The summed E-state index contributed by atoms with van der Waals surface area (Å²) < 4.78 is 0. The van der Waals surface area contributed by atoms with Crippen molar-refractivity contribution in [2.24, 2.45) is 5.92 Å². The van der Waals surface area contributed by atoms with E-state index in [1.165, 1.54) is 13.0 Å². The summed E-state index contributed by atoms with van der Waals surface area (Å²) in [6.45, 7) is 3.15. The van der Waals surface area contributed by atoms with E-state index < -0.39 is 0 Å². The number of halogens is 1. The fourth-order valence-corrected chi connectivity index (χ4v) is 3.79. The molecule has 0 aliphatic carbocycles. The van der Waals surface area contributed by atoms with Crippen molar-refractivity contribution < 1.29 is 0 Å². The van der Waals surface area contributed by atoms with Crippen molar-refractivity contribution >= 4 is 23.0 Å². The van der Waals surface area contributed by atoms with Crippen molar-refractivity contribution in [1.82, 2.24) is 4.90 Å². The Hall–Kier alpha value is -1.44. The minimum atomic E-state index is 0.492. The molecule has 2 fully saturated rings. The van der Waals surface area contributed by atoms with Crippen LogP contribution in [0, 0.1) is 17.2 Å². The van der Waals surface area contributed by atoms with Gasteiger partial charge in [0.2, 0.25) is 0 Å². The van der Waals surface area contributed by atoms with Gasteiger partial charge in [-0.1, -0.05) is 11.6 Å². The van der Waals surface area contributed by atoms with Crippen LogP contribution in [-0.2, 0) is 0 Å². The third-order valence-corrected chi connectivity index (χ3v) is 5.08. The molecule has 5 heteroatoms. The molecule has 2 saturated heterocycles. The molecule has 0 spiro atoms. The molecule has 2 aliphatic heterocycles. The normalized spacial score (nSPS) is 26.4. The molecule has 2 atom stereocenters. The second-order valence-corrected chi connectivity index (χ2v) is 6.22. The molecular formula is C15H19ClN4. The number of nitrogens with two attached hydrogens (primary N) is 1. The zero-order valence-corrected chi connectivity index (χ0v) is 12.4. The lowest BCUT2D eigenvalue weighted by Crippen LogP contribution is -2.45. The number of rotatable bonds is 1. The van der Waals surface area contributed by atoms with Crippen molar-refractivity contribution in [3.8, 4) is 6.07 Å². The van der Waals surface area contributed by atoms with Crippen LogP contribution in [0.1, 0.15) is 18.4 Å². The first-order chi connectivity index (χ1) is 9.60. The van der Waals surface area contributed by atoms with E-state index in [4.69, 9.17) is 22.6 Å². The zero-order chi connectivity index (χ0) is 14.3. The number of nitrogens with zero attached hydrogens (tertiary/aromatic N) is 3. The Balaban J connectivity index is 1.87.